The second kappa shape index (κ2) is 13.0. The quantitative estimate of drug-likeness (QED) is 0.175. The van der Waals surface area contributed by atoms with Crippen LogP contribution in [0.4, 0.5) is 17.1 Å². The molecule has 9 aromatic carbocycles. The Bertz CT molecular complexity index is 3900. The normalized spacial score (nSPS) is 15.5. The molecule has 0 fully saturated rings. The van der Waals surface area contributed by atoms with Crippen molar-refractivity contribution in [1.82, 2.24) is 0 Å². The van der Waals surface area contributed by atoms with Crippen LogP contribution >= 0.6 is 11.3 Å². The van der Waals surface area contributed by atoms with Crippen molar-refractivity contribution in [3.05, 3.63) is 209 Å². The molecule has 0 bridgehead atoms. The Hall–Kier alpha value is -7.20. The number of rotatable bonds is 4. The second-order valence-electron chi connectivity index (χ2n) is 20.4. The van der Waals surface area contributed by atoms with Gasteiger partial charge in [0, 0.05) is 75.4 Å². The number of thiophene rings is 1. The Kier molecular flexibility index (Phi) is 7.50. The van der Waals surface area contributed by atoms with Crippen molar-refractivity contribution in [2.45, 2.75) is 57.8 Å². The number of furan rings is 1. The van der Waals surface area contributed by atoms with E-state index >= 15 is 0 Å². The maximum atomic E-state index is 6.79. The van der Waals surface area contributed by atoms with Crippen molar-refractivity contribution in [3.63, 3.8) is 0 Å². The molecule has 316 valence electrons. The lowest BCUT2D eigenvalue weighted by Gasteiger charge is -2.32. The van der Waals surface area contributed by atoms with E-state index in [0.717, 1.165) is 39.2 Å². The van der Waals surface area contributed by atoms with Gasteiger partial charge in [0.05, 0.1) is 0 Å². The number of para-hydroxylation sites is 2. The van der Waals surface area contributed by atoms with Gasteiger partial charge >= 0.3 is 0 Å². The Labute approximate surface area is 389 Å². The van der Waals surface area contributed by atoms with Crippen LogP contribution in [0.3, 0.4) is 0 Å². The topological polar surface area (TPSA) is 16.4 Å². The van der Waals surface area contributed by atoms with Gasteiger partial charge in [-0.1, -0.05) is 163 Å². The van der Waals surface area contributed by atoms with E-state index in [-0.39, 0.29) is 16.2 Å². The van der Waals surface area contributed by atoms with E-state index < -0.39 is 0 Å². The lowest BCUT2D eigenvalue weighted by molar-refractivity contribution is 0.602. The summed E-state index contributed by atoms with van der Waals surface area (Å²) >= 11 is 1.97. The minimum absolute atomic E-state index is 0.149. The Morgan fingerprint density at radius 2 is 0.985 bits per heavy atom. The van der Waals surface area contributed by atoms with Gasteiger partial charge in [-0.15, -0.1) is 11.3 Å². The zero-order valence-corrected chi connectivity index (χ0v) is 38.8. The number of benzene rings is 9. The van der Waals surface area contributed by atoms with Crippen molar-refractivity contribution in [1.29, 1.82) is 0 Å². The highest BCUT2D eigenvalue weighted by Crippen LogP contribution is 2.64. The largest absolute Gasteiger partial charge is 0.455 e. The van der Waals surface area contributed by atoms with Crippen molar-refractivity contribution in [2.75, 3.05) is 4.90 Å². The number of anilines is 3. The average Bonchev–Trinajstić information content (AvgIpc) is 4.09. The minimum Gasteiger partial charge on any atom is -0.455 e. The monoisotopic (exact) mass is 865 g/mol. The fraction of sp³-hybridized carbons (Fsp3) is 0.143. The first-order valence-corrected chi connectivity index (χ1v) is 24.2. The SMILES string of the molecule is CC1(C)c2cc(N(c3ccccc3)c3ccc4c(c3)C(C)(C)c3c5c(c6sc7ccccc7c6c3-4)-c3ccccc3C5(C)C)ccc2-c2c1cc(-c1ccccc1)c1oc3ccccc3c21. The molecule has 2 aromatic heterocycles. The van der Waals surface area contributed by atoms with Gasteiger partial charge in [0.15, 0.2) is 0 Å². The number of nitrogens with zero attached hydrogens (tertiary/aromatic N) is 1. The van der Waals surface area contributed by atoms with Crippen molar-refractivity contribution in [2.24, 2.45) is 0 Å². The Morgan fingerprint density at radius 1 is 0.409 bits per heavy atom. The van der Waals surface area contributed by atoms with Gasteiger partial charge in [-0.25, -0.2) is 0 Å². The predicted octanol–water partition coefficient (Wildman–Crippen LogP) is 18.0. The Morgan fingerprint density at radius 3 is 1.74 bits per heavy atom. The highest BCUT2D eigenvalue weighted by atomic mass is 32.1. The zero-order chi connectivity index (χ0) is 44.4. The lowest BCUT2D eigenvalue weighted by atomic mass is 9.72. The van der Waals surface area contributed by atoms with Gasteiger partial charge in [0.25, 0.3) is 0 Å². The van der Waals surface area contributed by atoms with Crippen LogP contribution in [0.1, 0.15) is 74.9 Å². The van der Waals surface area contributed by atoms with Crippen LogP contribution in [0.15, 0.2) is 180 Å². The maximum absolute atomic E-state index is 6.79. The molecular weight excluding hydrogens is 819 g/mol. The number of hydrogen-bond donors (Lipinski definition) is 0. The molecular formula is C63H47NOS. The van der Waals surface area contributed by atoms with Crippen molar-refractivity contribution >= 4 is 70.5 Å². The molecule has 0 radical (unpaired) electrons. The highest BCUT2D eigenvalue weighted by molar-refractivity contribution is 7.26. The van der Waals surface area contributed by atoms with Gasteiger partial charge in [-0.2, -0.15) is 0 Å². The molecule has 3 heteroatoms. The molecule has 11 aromatic rings. The summed E-state index contributed by atoms with van der Waals surface area (Å²) in [4.78, 5) is 2.48. The zero-order valence-electron chi connectivity index (χ0n) is 38.0. The van der Waals surface area contributed by atoms with E-state index in [0.29, 0.717) is 0 Å². The first-order chi connectivity index (χ1) is 32.0. The molecule has 0 spiro atoms. The molecule has 3 aliphatic rings. The fourth-order valence-electron chi connectivity index (χ4n) is 12.7. The van der Waals surface area contributed by atoms with E-state index in [1.807, 2.05) is 11.3 Å². The van der Waals surface area contributed by atoms with Crippen LogP contribution in [-0.4, -0.2) is 0 Å². The maximum Gasteiger partial charge on any atom is 0.143 e. The lowest BCUT2D eigenvalue weighted by Crippen LogP contribution is -2.24. The molecule has 0 aliphatic heterocycles. The Balaban J connectivity index is 0.984. The van der Waals surface area contributed by atoms with Crippen molar-refractivity contribution < 1.29 is 4.42 Å². The molecule has 0 N–H and O–H groups in total. The summed E-state index contributed by atoms with van der Waals surface area (Å²) in [6.07, 6.45) is 0. The van der Waals surface area contributed by atoms with E-state index in [4.69, 9.17) is 4.42 Å². The fourth-order valence-corrected chi connectivity index (χ4v) is 14.0. The van der Waals surface area contributed by atoms with E-state index in [2.05, 4.69) is 222 Å². The highest BCUT2D eigenvalue weighted by Gasteiger charge is 2.48. The standard InChI is InChI=1S/C63H47NOS/c1-61(2)47-33-38(29-31-41(47)52-49(61)35-45(36-19-9-7-10-20-36)59-54(52)43-24-14-17-27-50(43)65-59)64(37-21-11-8-12-22-37)39-30-32-42-48(34-39)63(5,6)57-53(42)55-44-25-15-18-28-51(44)66-60(55)56-40-23-13-16-26-46(40)62(3,4)58(56)57/h7-35H,1-6H3. The molecule has 2 nitrogen and oxygen atoms in total. The van der Waals surface area contributed by atoms with Crippen LogP contribution in [0, 0.1) is 0 Å². The predicted molar refractivity (Wildman–Crippen MR) is 279 cm³/mol. The average molecular weight is 866 g/mol. The molecule has 3 aliphatic carbocycles. The number of fused-ring (bicyclic) bond motifs is 19. The summed E-state index contributed by atoms with van der Waals surface area (Å²) in [6, 6.07) is 65.4. The summed E-state index contributed by atoms with van der Waals surface area (Å²) in [5, 5.41) is 5.13. The first kappa shape index (κ1) is 38.1. The summed E-state index contributed by atoms with van der Waals surface area (Å²) in [5.41, 5.74) is 23.5. The van der Waals surface area contributed by atoms with Crippen LogP contribution in [-0.2, 0) is 16.2 Å². The van der Waals surface area contributed by atoms with Gasteiger partial charge in [-0.3, -0.25) is 0 Å². The molecule has 14 rings (SSSR count). The van der Waals surface area contributed by atoms with Gasteiger partial charge in [0.2, 0.25) is 0 Å². The number of hydrogen-bond acceptors (Lipinski definition) is 3. The van der Waals surface area contributed by atoms with Crippen molar-refractivity contribution in [3.8, 4) is 44.5 Å². The minimum atomic E-state index is -0.278. The molecule has 2 heterocycles. The first-order valence-electron chi connectivity index (χ1n) is 23.3. The summed E-state index contributed by atoms with van der Waals surface area (Å²) in [6.45, 7) is 14.7. The summed E-state index contributed by atoms with van der Waals surface area (Å²) in [7, 11) is 0. The van der Waals surface area contributed by atoms with Crippen LogP contribution in [0.2, 0.25) is 0 Å². The van der Waals surface area contributed by atoms with Gasteiger partial charge < -0.3 is 9.32 Å². The third kappa shape index (κ3) is 4.81. The van der Waals surface area contributed by atoms with Crippen LogP contribution < -0.4 is 4.90 Å². The van der Waals surface area contributed by atoms with Gasteiger partial charge in [0.1, 0.15) is 11.2 Å². The van der Waals surface area contributed by atoms with Gasteiger partial charge in [-0.05, 0) is 121 Å². The smallest absolute Gasteiger partial charge is 0.143 e. The van der Waals surface area contributed by atoms with Crippen LogP contribution in [0.25, 0.3) is 86.6 Å². The molecule has 0 atom stereocenters. The summed E-state index contributed by atoms with van der Waals surface area (Å²) in [5.74, 6) is 0. The van der Waals surface area contributed by atoms with Crippen LogP contribution in [0.5, 0.6) is 0 Å². The summed E-state index contributed by atoms with van der Waals surface area (Å²) < 4.78 is 9.55. The van der Waals surface area contributed by atoms with E-state index in [1.165, 1.54) is 97.9 Å². The second-order valence-corrected chi connectivity index (χ2v) is 21.4. The van der Waals surface area contributed by atoms with E-state index in [1.54, 1.807) is 0 Å². The third-order valence-corrected chi connectivity index (χ3v) is 17.0. The van der Waals surface area contributed by atoms with E-state index in [9.17, 15) is 0 Å². The molecule has 66 heavy (non-hydrogen) atoms. The molecule has 0 saturated carbocycles. The molecule has 0 saturated heterocycles. The third-order valence-electron chi connectivity index (χ3n) is 15.8. The molecule has 0 amide bonds. The molecule has 0 unspecified atom stereocenters.